The van der Waals surface area contributed by atoms with Gasteiger partial charge in [0.1, 0.15) is 11.8 Å². The average Bonchev–Trinajstić information content (AvgIpc) is 3.00. The number of carbonyl (C=O) groups is 1. The maximum atomic E-state index is 12.2. The number of aliphatic imine (C=N–C) groups is 1. The zero-order valence-electron chi connectivity index (χ0n) is 13.8. The second kappa shape index (κ2) is 8.16. The third-order valence-electron chi connectivity index (χ3n) is 3.42. The Morgan fingerprint density at radius 1 is 1.30 bits per heavy atom. The van der Waals surface area contributed by atoms with Gasteiger partial charge >= 0.3 is 0 Å². The van der Waals surface area contributed by atoms with Crippen LogP contribution in [0.1, 0.15) is 5.56 Å². The highest BCUT2D eigenvalue weighted by atomic mass is 32.2. The van der Waals surface area contributed by atoms with Crippen LogP contribution in [-0.2, 0) is 4.79 Å². The summed E-state index contributed by atoms with van der Waals surface area (Å²) in [5, 5.41) is 22.5. The molecule has 134 valence electrons. The second-order valence-electron chi connectivity index (χ2n) is 5.24. The van der Waals surface area contributed by atoms with Gasteiger partial charge in [-0.3, -0.25) is 14.9 Å². The molecule has 0 atom stereocenters. The standard InChI is InChI=1S/C18H12N4O4S/c19-8-9-26-15-7-2-1-4-12(15)10-16-17(23)21-18(27-16)20-13-5-3-6-14(11-13)22(24)25/h1-7,10-11H,9H2,(H,20,21,23)/b16-10-. The fraction of sp³-hybridized carbons (Fsp3) is 0.0556. The van der Waals surface area contributed by atoms with Crippen molar-refractivity contribution < 1.29 is 14.5 Å². The van der Waals surface area contributed by atoms with Crippen molar-refractivity contribution in [1.29, 1.82) is 5.26 Å². The van der Waals surface area contributed by atoms with Gasteiger partial charge in [-0.2, -0.15) is 5.26 Å². The predicted octanol–water partition coefficient (Wildman–Crippen LogP) is 3.39. The molecule has 1 heterocycles. The first kappa shape index (κ1) is 18.2. The van der Waals surface area contributed by atoms with Crippen molar-refractivity contribution in [3.8, 4) is 11.8 Å². The number of nitriles is 1. The minimum Gasteiger partial charge on any atom is -0.478 e. The fourth-order valence-corrected chi connectivity index (χ4v) is 3.09. The molecule has 2 aromatic rings. The molecule has 0 unspecified atom stereocenters. The van der Waals surface area contributed by atoms with Gasteiger partial charge in [0.05, 0.1) is 15.5 Å². The first-order valence-corrected chi connectivity index (χ1v) is 8.51. The van der Waals surface area contributed by atoms with E-state index in [1.54, 1.807) is 36.4 Å². The van der Waals surface area contributed by atoms with Crippen LogP contribution in [-0.4, -0.2) is 22.6 Å². The summed E-state index contributed by atoms with van der Waals surface area (Å²) in [6, 6.07) is 14.8. The van der Waals surface area contributed by atoms with Crippen molar-refractivity contribution in [1.82, 2.24) is 5.32 Å². The Kier molecular flexibility index (Phi) is 5.49. The summed E-state index contributed by atoms with van der Waals surface area (Å²) in [4.78, 5) is 27.2. The fourth-order valence-electron chi connectivity index (χ4n) is 2.26. The number of carbonyl (C=O) groups excluding carboxylic acids is 1. The number of benzene rings is 2. The van der Waals surface area contributed by atoms with Crippen molar-refractivity contribution in [3.05, 3.63) is 69.1 Å². The minimum atomic E-state index is -0.506. The molecule has 1 N–H and O–H groups in total. The molecule has 1 aliphatic heterocycles. The van der Waals surface area contributed by atoms with Gasteiger partial charge < -0.3 is 10.1 Å². The summed E-state index contributed by atoms with van der Waals surface area (Å²) in [5.41, 5.74) is 0.943. The lowest BCUT2D eigenvalue weighted by Crippen LogP contribution is -2.19. The van der Waals surface area contributed by atoms with Crippen LogP contribution >= 0.6 is 11.8 Å². The van der Waals surface area contributed by atoms with E-state index in [9.17, 15) is 14.9 Å². The molecule has 9 heteroatoms. The number of nitro benzene ring substituents is 1. The number of thioether (sulfide) groups is 1. The number of rotatable bonds is 5. The third kappa shape index (κ3) is 4.50. The number of nitro groups is 1. The van der Waals surface area contributed by atoms with Gasteiger partial charge in [-0.05, 0) is 30.0 Å². The average molecular weight is 380 g/mol. The van der Waals surface area contributed by atoms with E-state index >= 15 is 0 Å². The van der Waals surface area contributed by atoms with Crippen LogP contribution in [0.15, 0.2) is 58.4 Å². The summed E-state index contributed by atoms with van der Waals surface area (Å²) in [7, 11) is 0. The zero-order chi connectivity index (χ0) is 19.2. The van der Waals surface area contributed by atoms with E-state index < -0.39 is 4.92 Å². The summed E-state index contributed by atoms with van der Waals surface area (Å²) >= 11 is 1.12. The molecule has 1 fully saturated rings. The van der Waals surface area contributed by atoms with E-state index in [1.165, 1.54) is 18.2 Å². The molecular formula is C18H12N4O4S. The Morgan fingerprint density at radius 2 is 2.11 bits per heavy atom. The van der Waals surface area contributed by atoms with Crippen LogP contribution in [0.4, 0.5) is 11.4 Å². The molecule has 1 amide bonds. The van der Waals surface area contributed by atoms with Crippen LogP contribution in [0.3, 0.4) is 0 Å². The number of non-ortho nitro benzene ring substituents is 1. The number of para-hydroxylation sites is 1. The van der Waals surface area contributed by atoms with Crippen LogP contribution in [0.5, 0.6) is 5.75 Å². The van der Waals surface area contributed by atoms with Crippen LogP contribution < -0.4 is 10.1 Å². The minimum absolute atomic E-state index is 0.0782. The highest BCUT2D eigenvalue weighted by Crippen LogP contribution is 2.31. The van der Waals surface area contributed by atoms with E-state index in [4.69, 9.17) is 10.00 Å². The van der Waals surface area contributed by atoms with E-state index in [0.717, 1.165) is 11.8 Å². The lowest BCUT2D eigenvalue weighted by Gasteiger charge is -2.05. The topological polar surface area (TPSA) is 118 Å². The largest absolute Gasteiger partial charge is 0.478 e. The Bertz CT molecular complexity index is 1010. The molecule has 0 aliphatic carbocycles. The van der Waals surface area contributed by atoms with Gasteiger partial charge in [0.2, 0.25) is 0 Å². The summed E-state index contributed by atoms with van der Waals surface area (Å²) in [6.45, 7) is -0.0982. The van der Waals surface area contributed by atoms with Crippen molar-refractivity contribution in [2.75, 3.05) is 6.61 Å². The summed E-state index contributed by atoms with van der Waals surface area (Å²) in [6.07, 6.45) is 1.64. The number of hydrogen-bond acceptors (Lipinski definition) is 7. The van der Waals surface area contributed by atoms with Gasteiger partial charge in [-0.15, -0.1) is 0 Å². The van der Waals surface area contributed by atoms with Crippen molar-refractivity contribution in [2.24, 2.45) is 4.99 Å². The quantitative estimate of drug-likeness (QED) is 0.483. The monoisotopic (exact) mass is 380 g/mol. The Morgan fingerprint density at radius 3 is 2.89 bits per heavy atom. The highest BCUT2D eigenvalue weighted by Gasteiger charge is 2.24. The van der Waals surface area contributed by atoms with E-state index in [1.807, 2.05) is 6.07 Å². The van der Waals surface area contributed by atoms with Crippen LogP contribution in [0.2, 0.25) is 0 Å². The number of amides is 1. The number of nitrogens with one attached hydrogen (secondary N) is 1. The van der Waals surface area contributed by atoms with Gasteiger partial charge in [0.25, 0.3) is 11.6 Å². The number of amidine groups is 1. The Labute approximate surface area is 158 Å². The number of nitrogens with zero attached hydrogens (tertiary/aromatic N) is 3. The molecule has 0 saturated carbocycles. The van der Waals surface area contributed by atoms with E-state index in [-0.39, 0.29) is 18.2 Å². The molecule has 3 rings (SSSR count). The van der Waals surface area contributed by atoms with Crippen LogP contribution in [0, 0.1) is 21.4 Å². The summed E-state index contributed by atoms with van der Waals surface area (Å²) in [5.74, 6) is 0.156. The summed E-state index contributed by atoms with van der Waals surface area (Å²) < 4.78 is 5.35. The van der Waals surface area contributed by atoms with Crippen molar-refractivity contribution >= 4 is 40.3 Å². The first-order chi connectivity index (χ1) is 13.1. The first-order valence-electron chi connectivity index (χ1n) is 7.69. The highest BCUT2D eigenvalue weighted by molar-refractivity contribution is 8.18. The second-order valence-corrected chi connectivity index (χ2v) is 6.27. The SMILES string of the molecule is N#CCOc1ccccc1/C=C1\SC(=Nc2cccc([N+](=O)[O-])c2)NC1=O. The molecule has 2 aromatic carbocycles. The van der Waals surface area contributed by atoms with Crippen molar-refractivity contribution in [3.63, 3.8) is 0 Å². The number of ether oxygens (including phenoxy) is 1. The van der Waals surface area contributed by atoms with E-state index in [2.05, 4.69) is 10.3 Å². The Balaban J connectivity index is 1.84. The molecular weight excluding hydrogens is 368 g/mol. The maximum Gasteiger partial charge on any atom is 0.271 e. The smallest absolute Gasteiger partial charge is 0.271 e. The molecule has 1 aliphatic rings. The van der Waals surface area contributed by atoms with Gasteiger partial charge in [0.15, 0.2) is 11.8 Å². The zero-order valence-corrected chi connectivity index (χ0v) is 14.6. The lowest BCUT2D eigenvalue weighted by molar-refractivity contribution is -0.384. The molecule has 8 nitrogen and oxygen atoms in total. The molecule has 0 aromatic heterocycles. The van der Waals surface area contributed by atoms with E-state index in [0.29, 0.717) is 27.1 Å². The van der Waals surface area contributed by atoms with Crippen LogP contribution in [0.25, 0.3) is 6.08 Å². The maximum absolute atomic E-state index is 12.2. The number of hydrogen-bond donors (Lipinski definition) is 1. The normalized spacial score (nSPS) is 16.2. The molecule has 27 heavy (non-hydrogen) atoms. The lowest BCUT2D eigenvalue weighted by atomic mass is 10.2. The molecule has 0 radical (unpaired) electrons. The van der Waals surface area contributed by atoms with Crippen molar-refractivity contribution in [2.45, 2.75) is 0 Å². The molecule has 0 spiro atoms. The van der Waals surface area contributed by atoms with Gasteiger partial charge in [0, 0.05) is 17.7 Å². The molecule has 0 bridgehead atoms. The Hall–Kier alpha value is -3.64. The molecule has 1 saturated heterocycles. The predicted molar refractivity (Wildman–Crippen MR) is 101 cm³/mol. The van der Waals surface area contributed by atoms with Gasteiger partial charge in [-0.1, -0.05) is 24.3 Å². The van der Waals surface area contributed by atoms with Gasteiger partial charge in [-0.25, -0.2) is 4.99 Å². The third-order valence-corrected chi connectivity index (χ3v) is 4.33.